The van der Waals surface area contributed by atoms with Gasteiger partial charge in [-0.2, -0.15) is 0 Å². The molecule has 0 amide bonds. The highest BCUT2D eigenvalue weighted by Gasteiger charge is 2.17. The number of fused-ring (bicyclic) bond motifs is 1. The molecule has 0 N–H and O–H groups in total. The number of benzene rings is 1. The number of rotatable bonds is 5. The summed E-state index contributed by atoms with van der Waals surface area (Å²) >= 11 is 0. The summed E-state index contributed by atoms with van der Waals surface area (Å²) < 4.78 is 16.0. The number of methoxy groups -OCH3 is 2. The van der Waals surface area contributed by atoms with E-state index >= 15 is 0 Å². The minimum atomic E-state index is 0.175. The molecule has 22 heavy (non-hydrogen) atoms. The third-order valence-corrected chi connectivity index (χ3v) is 3.89. The smallest absolute Gasteiger partial charge is 0.188 e. The molecule has 0 aliphatic carbocycles. The largest absolute Gasteiger partial charge is 0.493 e. The lowest BCUT2D eigenvalue weighted by Crippen LogP contribution is -2.30. The van der Waals surface area contributed by atoms with Gasteiger partial charge in [0.2, 0.25) is 0 Å². The summed E-state index contributed by atoms with van der Waals surface area (Å²) in [6.07, 6.45) is 5.31. The van der Waals surface area contributed by atoms with Crippen molar-refractivity contribution in [3.05, 3.63) is 18.5 Å². The van der Waals surface area contributed by atoms with E-state index in [1.54, 1.807) is 20.5 Å². The van der Waals surface area contributed by atoms with Gasteiger partial charge in [-0.05, 0) is 25.3 Å². The van der Waals surface area contributed by atoms with Crippen LogP contribution in [-0.4, -0.2) is 44.1 Å². The Morgan fingerprint density at radius 3 is 2.59 bits per heavy atom. The van der Waals surface area contributed by atoms with E-state index in [1.807, 2.05) is 12.1 Å². The quantitative estimate of drug-likeness (QED) is 0.791. The Morgan fingerprint density at radius 2 is 1.86 bits per heavy atom. The monoisotopic (exact) mass is 303 g/mol. The molecule has 0 bridgehead atoms. The fourth-order valence-electron chi connectivity index (χ4n) is 2.80. The molecule has 1 aromatic heterocycles. The van der Waals surface area contributed by atoms with Gasteiger partial charge in [-0.15, -0.1) is 0 Å². The highest BCUT2D eigenvalue weighted by atomic mass is 16.7. The highest BCUT2D eigenvalue weighted by Crippen LogP contribution is 2.35. The molecule has 2 aromatic rings. The molecule has 1 aromatic carbocycles. The van der Waals surface area contributed by atoms with Gasteiger partial charge in [0.05, 0.1) is 12.6 Å². The predicted molar refractivity (Wildman–Crippen MR) is 84.7 cm³/mol. The van der Waals surface area contributed by atoms with E-state index < -0.39 is 0 Å². The van der Waals surface area contributed by atoms with Gasteiger partial charge in [-0.3, -0.25) is 0 Å². The van der Waals surface area contributed by atoms with Gasteiger partial charge in [-0.25, -0.2) is 9.97 Å². The zero-order valence-corrected chi connectivity index (χ0v) is 13.0. The normalized spacial score (nSPS) is 15.1. The topological polar surface area (TPSA) is 56.7 Å². The van der Waals surface area contributed by atoms with Crippen molar-refractivity contribution in [2.75, 3.05) is 39.0 Å². The summed E-state index contributed by atoms with van der Waals surface area (Å²) in [5, 5.41) is 0.983. The number of piperidine rings is 1. The van der Waals surface area contributed by atoms with Crippen LogP contribution < -0.4 is 14.4 Å². The van der Waals surface area contributed by atoms with Crippen LogP contribution in [0.5, 0.6) is 11.5 Å². The van der Waals surface area contributed by atoms with Crippen molar-refractivity contribution in [3.8, 4) is 11.5 Å². The second kappa shape index (κ2) is 6.79. The third kappa shape index (κ3) is 2.92. The fourth-order valence-corrected chi connectivity index (χ4v) is 2.80. The van der Waals surface area contributed by atoms with Crippen LogP contribution in [0.3, 0.4) is 0 Å². The number of ether oxygens (including phenoxy) is 3. The molecule has 118 valence electrons. The van der Waals surface area contributed by atoms with Gasteiger partial charge in [0.1, 0.15) is 12.1 Å². The summed E-state index contributed by atoms with van der Waals surface area (Å²) in [5.74, 6) is 2.26. The van der Waals surface area contributed by atoms with E-state index in [0.29, 0.717) is 11.5 Å². The van der Waals surface area contributed by atoms with Gasteiger partial charge in [0.15, 0.2) is 18.3 Å². The summed E-state index contributed by atoms with van der Waals surface area (Å²) in [7, 11) is 3.21. The van der Waals surface area contributed by atoms with Crippen molar-refractivity contribution in [2.45, 2.75) is 19.3 Å². The molecule has 1 aliphatic heterocycles. The molecule has 0 atom stereocenters. The molecule has 0 unspecified atom stereocenters. The molecular weight excluding hydrogens is 282 g/mol. The molecule has 6 nitrogen and oxygen atoms in total. The molecular formula is C16H21N3O3. The summed E-state index contributed by atoms with van der Waals surface area (Å²) in [5.41, 5.74) is 0.859. The van der Waals surface area contributed by atoms with E-state index in [9.17, 15) is 0 Å². The molecule has 2 heterocycles. The van der Waals surface area contributed by atoms with Gasteiger partial charge >= 0.3 is 0 Å². The zero-order valence-electron chi connectivity index (χ0n) is 13.0. The van der Waals surface area contributed by atoms with Crippen molar-refractivity contribution in [3.63, 3.8) is 0 Å². The SMILES string of the molecule is COCOc1cc2c(N3CCCCC3)ncnc2cc1OC. The average Bonchev–Trinajstić information content (AvgIpc) is 2.59. The highest BCUT2D eigenvalue weighted by molar-refractivity contribution is 5.92. The van der Waals surface area contributed by atoms with Gasteiger partial charge in [0.25, 0.3) is 0 Å². The first kappa shape index (κ1) is 14.8. The van der Waals surface area contributed by atoms with Crippen LogP contribution in [-0.2, 0) is 4.74 Å². The molecule has 0 spiro atoms. The van der Waals surface area contributed by atoms with Crippen LogP contribution >= 0.6 is 0 Å². The van der Waals surface area contributed by atoms with E-state index in [0.717, 1.165) is 29.8 Å². The molecule has 0 radical (unpaired) electrons. The lowest BCUT2D eigenvalue weighted by Gasteiger charge is -2.28. The molecule has 1 saturated heterocycles. The standard InChI is InChI=1S/C16H21N3O3/c1-20-11-22-15-8-12-13(9-14(15)21-2)17-10-18-16(12)19-6-4-3-5-7-19/h8-10H,3-7,11H2,1-2H3. The second-order valence-electron chi connectivity index (χ2n) is 5.32. The summed E-state index contributed by atoms with van der Waals surface area (Å²) in [6.45, 7) is 2.24. The maximum absolute atomic E-state index is 5.61. The molecule has 0 saturated carbocycles. The number of aromatic nitrogens is 2. The first-order chi connectivity index (χ1) is 10.8. The number of nitrogens with zero attached hydrogens (tertiary/aromatic N) is 3. The van der Waals surface area contributed by atoms with E-state index in [1.165, 1.54) is 19.3 Å². The number of anilines is 1. The summed E-state index contributed by atoms with van der Waals surface area (Å²) in [4.78, 5) is 11.2. The summed E-state index contributed by atoms with van der Waals surface area (Å²) in [6, 6.07) is 3.83. The van der Waals surface area contributed by atoms with Gasteiger partial charge < -0.3 is 19.1 Å². The van der Waals surface area contributed by atoms with Gasteiger partial charge in [0, 0.05) is 31.7 Å². The van der Waals surface area contributed by atoms with E-state index in [2.05, 4.69) is 14.9 Å². The second-order valence-corrected chi connectivity index (χ2v) is 5.32. The first-order valence-corrected chi connectivity index (χ1v) is 7.53. The Bertz CT molecular complexity index is 642. The predicted octanol–water partition coefficient (Wildman–Crippen LogP) is 2.61. The van der Waals surface area contributed by atoms with Crippen LogP contribution in [0.4, 0.5) is 5.82 Å². The Kier molecular flexibility index (Phi) is 4.58. The minimum absolute atomic E-state index is 0.175. The lowest BCUT2D eigenvalue weighted by molar-refractivity contribution is 0.0493. The van der Waals surface area contributed by atoms with Gasteiger partial charge in [-0.1, -0.05) is 0 Å². The van der Waals surface area contributed by atoms with Crippen molar-refractivity contribution in [1.29, 1.82) is 0 Å². The molecule has 1 fully saturated rings. The maximum atomic E-state index is 5.61. The van der Waals surface area contributed by atoms with Crippen molar-refractivity contribution >= 4 is 16.7 Å². The van der Waals surface area contributed by atoms with Crippen molar-refractivity contribution < 1.29 is 14.2 Å². The first-order valence-electron chi connectivity index (χ1n) is 7.53. The van der Waals surface area contributed by atoms with Crippen molar-refractivity contribution in [2.24, 2.45) is 0 Å². The van der Waals surface area contributed by atoms with Crippen LogP contribution in [0.15, 0.2) is 18.5 Å². The Balaban J connectivity index is 2.05. The van der Waals surface area contributed by atoms with E-state index in [-0.39, 0.29) is 6.79 Å². The number of hydrogen-bond acceptors (Lipinski definition) is 6. The fraction of sp³-hybridized carbons (Fsp3) is 0.500. The molecule has 1 aliphatic rings. The Morgan fingerprint density at radius 1 is 1.05 bits per heavy atom. The molecule has 6 heteroatoms. The zero-order chi connectivity index (χ0) is 15.4. The van der Waals surface area contributed by atoms with Crippen molar-refractivity contribution in [1.82, 2.24) is 9.97 Å². The average molecular weight is 303 g/mol. The van der Waals surface area contributed by atoms with Crippen LogP contribution in [0.2, 0.25) is 0 Å². The number of hydrogen-bond donors (Lipinski definition) is 0. The van der Waals surface area contributed by atoms with Crippen LogP contribution in [0, 0.1) is 0 Å². The maximum Gasteiger partial charge on any atom is 0.188 e. The Hall–Kier alpha value is -2.08. The van der Waals surface area contributed by atoms with E-state index in [4.69, 9.17) is 14.2 Å². The third-order valence-electron chi connectivity index (χ3n) is 3.89. The lowest BCUT2D eigenvalue weighted by atomic mass is 10.1. The minimum Gasteiger partial charge on any atom is -0.493 e. The Labute approximate surface area is 130 Å². The van der Waals surface area contributed by atoms with Crippen LogP contribution in [0.1, 0.15) is 19.3 Å². The van der Waals surface area contributed by atoms with Crippen LogP contribution in [0.25, 0.3) is 10.9 Å². The molecule has 3 rings (SSSR count).